The van der Waals surface area contributed by atoms with E-state index in [1.165, 1.54) is 0 Å². The van der Waals surface area contributed by atoms with Crippen molar-refractivity contribution in [3.05, 3.63) is 24.3 Å². The summed E-state index contributed by atoms with van der Waals surface area (Å²) in [6, 6.07) is 7.47. The van der Waals surface area contributed by atoms with Crippen molar-refractivity contribution in [2.45, 2.75) is 6.10 Å². The maximum Gasteiger partial charge on any atom is 0.317 e. The van der Waals surface area contributed by atoms with Crippen LogP contribution in [0.1, 0.15) is 0 Å². The molecule has 0 aromatic heterocycles. The third-order valence-electron chi connectivity index (χ3n) is 2.49. The van der Waals surface area contributed by atoms with Crippen LogP contribution in [-0.4, -0.2) is 48.8 Å². The van der Waals surface area contributed by atoms with Gasteiger partial charge in [0, 0.05) is 6.54 Å². The van der Waals surface area contributed by atoms with Crippen LogP contribution in [0.3, 0.4) is 0 Å². The largest absolute Gasteiger partial charge is 0.486 e. The zero-order valence-corrected chi connectivity index (χ0v) is 9.63. The van der Waals surface area contributed by atoms with Crippen LogP contribution in [0.25, 0.3) is 0 Å². The van der Waals surface area contributed by atoms with Gasteiger partial charge in [-0.2, -0.15) is 0 Å². The van der Waals surface area contributed by atoms with Gasteiger partial charge in [0.1, 0.15) is 12.7 Å². The van der Waals surface area contributed by atoms with Crippen molar-refractivity contribution in [2.24, 2.45) is 0 Å². The maximum atomic E-state index is 10.5. The highest BCUT2D eigenvalue weighted by molar-refractivity contribution is 5.69. The van der Waals surface area contributed by atoms with E-state index >= 15 is 0 Å². The first kappa shape index (κ1) is 11.7. The fourth-order valence-electron chi connectivity index (χ4n) is 1.80. The summed E-state index contributed by atoms with van der Waals surface area (Å²) in [4.78, 5) is 12.2. The second kappa shape index (κ2) is 5.05. The van der Waals surface area contributed by atoms with E-state index in [-0.39, 0.29) is 12.6 Å². The third kappa shape index (κ3) is 3.10. The lowest BCUT2D eigenvalue weighted by Gasteiger charge is -2.29. The summed E-state index contributed by atoms with van der Waals surface area (Å²) >= 11 is 0. The number of benzene rings is 1. The van der Waals surface area contributed by atoms with Crippen molar-refractivity contribution in [1.29, 1.82) is 0 Å². The number of aliphatic carboxylic acids is 1. The lowest BCUT2D eigenvalue weighted by molar-refractivity contribution is -0.138. The Balaban J connectivity index is 1.92. The molecule has 5 heteroatoms. The molecular weight excluding hydrogens is 222 g/mol. The van der Waals surface area contributed by atoms with Gasteiger partial charge in [0.15, 0.2) is 11.5 Å². The Morgan fingerprint density at radius 1 is 1.47 bits per heavy atom. The Bertz CT molecular complexity index is 407. The lowest BCUT2D eigenvalue weighted by atomic mass is 10.2. The van der Waals surface area contributed by atoms with Crippen molar-refractivity contribution in [1.82, 2.24) is 4.90 Å². The zero-order chi connectivity index (χ0) is 12.3. The SMILES string of the molecule is CN(CC(=O)O)C[C@H]1COc2ccccc2O1. The topological polar surface area (TPSA) is 59.0 Å². The van der Waals surface area contributed by atoms with Gasteiger partial charge in [-0.05, 0) is 19.2 Å². The summed E-state index contributed by atoms with van der Waals surface area (Å²) in [5, 5.41) is 8.66. The molecule has 0 fully saturated rings. The molecule has 0 spiro atoms. The number of hydrogen-bond acceptors (Lipinski definition) is 4. The number of fused-ring (bicyclic) bond motifs is 1. The fraction of sp³-hybridized carbons (Fsp3) is 0.417. The number of para-hydroxylation sites is 2. The number of carboxylic acid groups (broad SMARTS) is 1. The molecule has 0 amide bonds. The van der Waals surface area contributed by atoms with Gasteiger partial charge in [0.25, 0.3) is 0 Å². The van der Waals surface area contributed by atoms with Gasteiger partial charge in [0.05, 0.1) is 6.54 Å². The summed E-state index contributed by atoms with van der Waals surface area (Å²) in [6.07, 6.45) is -0.130. The standard InChI is InChI=1S/C12H15NO4/c1-13(7-12(14)15)6-9-8-16-10-4-2-3-5-11(10)17-9/h2-5,9H,6-8H2,1H3,(H,14,15)/t9-/m0/s1. The van der Waals surface area contributed by atoms with E-state index < -0.39 is 5.97 Å². The molecule has 0 unspecified atom stereocenters. The van der Waals surface area contributed by atoms with E-state index in [4.69, 9.17) is 14.6 Å². The molecule has 1 N–H and O–H groups in total. The van der Waals surface area contributed by atoms with Crippen LogP contribution in [0.4, 0.5) is 0 Å². The summed E-state index contributed by atoms with van der Waals surface area (Å²) < 4.78 is 11.3. The normalized spacial score (nSPS) is 18.1. The lowest BCUT2D eigenvalue weighted by Crippen LogP contribution is -2.41. The molecule has 17 heavy (non-hydrogen) atoms. The van der Waals surface area contributed by atoms with Crippen LogP contribution in [0, 0.1) is 0 Å². The van der Waals surface area contributed by atoms with Crippen molar-refractivity contribution in [2.75, 3.05) is 26.7 Å². The number of carboxylic acids is 1. The second-order valence-corrected chi connectivity index (χ2v) is 4.09. The molecular formula is C12H15NO4. The highest BCUT2D eigenvalue weighted by atomic mass is 16.6. The van der Waals surface area contributed by atoms with E-state index in [1.807, 2.05) is 24.3 Å². The Hall–Kier alpha value is -1.75. The summed E-state index contributed by atoms with van der Waals surface area (Å²) in [7, 11) is 1.75. The van der Waals surface area contributed by atoms with Crippen molar-refractivity contribution < 1.29 is 19.4 Å². The second-order valence-electron chi connectivity index (χ2n) is 4.09. The van der Waals surface area contributed by atoms with Crippen molar-refractivity contribution in [3.63, 3.8) is 0 Å². The summed E-state index contributed by atoms with van der Waals surface area (Å²) in [5.74, 6) is 0.613. The van der Waals surface area contributed by atoms with Crippen LogP contribution < -0.4 is 9.47 Å². The Labute approximate surface area is 99.6 Å². The van der Waals surface area contributed by atoms with Crippen molar-refractivity contribution >= 4 is 5.97 Å². The smallest absolute Gasteiger partial charge is 0.317 e. The van der Waals surface area contributed by atoms with E-state index in [0.717, 1.165) is 5.75 Å². The molecule has 1 aliphatic heterocycles. The molecule has 0 saturated heterocycles. The van der Waals surface area contributed by atoms with Crippen LogP contribution in [0.5, 0.6) is 11.5 Å². The van der Waals surface area contributed by atoms with Crippen LogP contribution >= 0.6 is 0 Å². The van der Waals surface area contributed by atoms with Crippen molar-refractivity contribution in [3.8, 4) is 11.5 Å². The Morgan fingerprint density at radius 3 is 2.88 bits per heavy atom. The molecule has 5 nitrogen and oxygen atoms in total. The number of nitrogens with zero attached hydrogens (tertiary/aromatic N) is 1. The number of likely N-dealkylation sites (N-methyl/N-ethyl adjacent to an activating group) is 1. The monoisotopic (exact) mass is 237 g/mol. The number of carbonyl (C=O) groups is 1. The molecule has 0 saturated carbocycles. The average Bonchev–Trinajstić information content (AvgIpc) is 2.27. The number of hydrogen-bond donors (Lipinski definition) is 1. The molecule has 2 rings (SSSR count). The molecule has 0 aliphatic carbocycles. The van der Waals surface area contributed by atoms with E-state index in [1.54, 1.807) is 11.9 Å². The molecule has 1 heterocycles. The first-order valence-electron chi connectivity index (χ1n) is 5.44. The minimum atomic E-state index is -0.843. The average molecular weight is 237 g/mol. The molecule has 0 bridgehead atoms. The quantitative estimate of drug-likeness (QED) is 0.841. The summed E-state index contributed by atoms with van der Waals surface area (Å²) in [6.45, 7) is 0.975. The predicted molar refractivity (Wildman–Crippen MR) is 61.5 cm³/mol. The van der Waals surface area contributed by atoms with E-state index in [9.17, 15) is 4.79 Å². The van der Waals surface area contributed by atoms with Crippen LogP contribution in [-0.2, 0) is 4.79 Å². The molecule has 1 aromatic carbocycles. The third-order valence-corrected chi connectivity index (χ3v) is 2.49. The van der Waals surface area contributed by atoms with E-state index in [2.05, 4.69) is 0 Å². The van der Waals surface area contributed by atoms with Crippen LogP contribution in [0.2, 0.25) is 0 Å². The number of rotatable bonds is 4. The minimum absolute atomic E-state index is 0.00149. The predicted octanol–water partition coefficient (Wildman–Crippen LogP) is 0.843. The van der Waals surface area contributed by atoms with Crippen LogP contribution in [0.15, 0.2) is 24.3 Å². The molecule has 1 atom stereocenters. The highest BCUT2D eigenvalue weighted by Gasteiger charge is 2.22. The van der Waals surface area contributed by atoms with Gasteiger partial charge in [-0.25, -0.2) is 0 Å². The molecule has 0 radical (unpaired) electrons. The zero-order valence-electron chi connectivity index (χ0n) is 9.63. The number of ether oxygens (including phenoxy) is 2. The highest BCUT2D eigenvalue weighted by Crippen LogP contribution is 2.30. The Kier molecular flexibility index (Phi) is 3.49. The first-order valence-corrected chi connectivity index (χ1v) is 5.44. The maximum absolute atomic E-state index is 10.5. The first-order chi connectivity index (χ1) is 8.15. The van der Waals surface area contributed by atoms with Gasteiger partial charge >= 0.3 is 5.97 Å². The van der Waals surface area contributed by atoms with Gasteiger partial charge in [-0.1, -0.05) is 12.1 Å². The minimum Gasteiger partial charge on any atom is -0.486 e. The Morgan fingerprint density at radius 2 is 2.18 bits per heavy atom. The van der Waals surface area contributed by atoms with Gasteiger partial charge in [-0.3, -0.25) is 9.69 Å². The fourth-order valence-corrected chi connectivity index (χ4v) is 1.80. The van der Waals surface area contributed by atoms with Gasteiger partial charge < -0.3 is 14.6 Å². The summed E-state index contributed by atoms with van der Waals surface area (Å²) in [5.41, 5.74) is 0. The molecule has 1 aromatic rings. The van der Waals surface area contributed by atoms with Gasteiger partial charge in [0.2, 0.25) is 0 Å². The molecule has 92 valence electrons. The molecule has 1 aliphatic rings. The van der Waals surface area contributed by atoms with Gasteiger partial charge in [-0.15, -0.1) is 0 Å². The van der Waals surface area contributed by atoms with E-state index in [0.29, 0.717) is 18.9 Å².